The molecule has 0 aliphatic heterocycles. The molecule has 0 amide bonds. The van der Waals surface area contributed by atoms with Gasteiger partial charge in [0.25, 0.3) is 0 Å². The molecule has 0 aliphatic rings. The summed E-state index contributed by atoms with van der Waals surface area (Å²) >= 11 is 0. The first-order chi connectivity index (χ1) is 5.54. The molecule has 3 heteroatoms. The van der Waals surface area contributed by atoms with E-state index in [1.807, 2.05) is 5.92 Å². The van der Waals surface area contributed by atoms with Crippen LogP contribution in [0, 0.1) is 12.3 Å². The van der Waals surface area contributed by atoms with Crippen molar-refractivity contribution in [2.24, 2.45) is 0 Å². The van der Waals surface area contributed by atoms with E-state index in [0.717, 1.165) is 12.1 Å². The van der Waals surface area contributed by atoms with E-state index < -0.39 is 11.7 Å². The van der Waals surface area contributed by atoms with Crippen molar-refractivity contribution in [3.8, 4) is 5.92 Å². The first-order valence-corrected chi connectivity index (χ1v) is 3.14. The van der Waals surface area contributed by atoms with Gasteiger partial charge in [-0.25, -0.2) is 0 Å². The van der Waals surface area contributed by atoms with E-state index in [-0.39, 0.29) is 0 Å². The molecule has 0 aromatic heterocycles. The number of alkyl halides is 3. The summed E-state index contributed by atoms with van der Waals surface area (Å²) in [5.41, 5.74) is -0.371. The monoisotopic (exact) mass is 169 g/mol. The summed E-state index contributed by atoms with van der Waals surface area (Å²) < 4.78 is 35.9. The van der Waals surface area contributed by atoms with Crippen LogP contribution in [0.1, 0.15) is 11.1 Å². The smallest absolute Gasteiger partial charge is 0.366 e. The molecule has 0 spiro atoms. The van der Waals surface area contributed by atoms with E-state index in [4.69, 9.17) is 6.42 Å². The Kier molecular flexibility index (Phi) is 2.09. The molecule has 0 atom stereocenters. The molecule has 0 saturated heterocycles. The van der Waals surface area contributed by atoms with Gasteiger partial charge in [-0.05, 0) is 0 Å². The molecule has 12 heavy (non-hydrogen) atoms. The average molecular weight is 169 g/mol. The van der Waals surface area contributed by atoms with Gasteiger partial charge in [0, 0.05) is 0 Å². The summed E-state index contributed by atoms with van der Waals surface area (Å²) in [7, 11) is 0. The predicted octanol–water partition coefficient (Wildman–Crippen LogP) is 2.64. The number of halogens is 3. The van der Waals surface area contributed by atoms with E-state index in [2.05, 4.69) is 0 Å². The van der Waals surface area contributed by atoms with Gasteiger partial charge in [-0.15, -0.1) is 17.7 Å². The summed E-state index contributed by atoms with van der Waals surface area (Å²) in [5.74, 6) is 1.99. The maximum atomic E-state index is 12.0. The normalized spacial score (nSPS) is 10.8. The lowest BCUT2D eigenvalue weighted by Crippen LogP contribution is -2.03. The van der Waals surface area contributed by atoms with E-state index in [9.17, 15) is 13.2 Å². The molecule has 0 saturated carbocycles. The Hall–Kier alpha value is -1.43. The van der Waals surface area contributed by atoms with Crippen molar-refractivity contribution in [3.63, 3.8) is 0 Å². The van der Waals surface area contributed by atoms with E-state index in [1.54, 1.807) is 0 Å². The van der Waals surface area contributed by atoms with Gasteiger partial charge in [0.1, 0.15) is 0 Å². The Balaban J connectivity index is 3.02. The third kappa shape index (κ3) is 1.79. The van der Waals surface area contributed by atoms with Crippen molar-refractivity contribution in [1.82, 2.24) is 0 Å². The average Bonchev–Trinajstić information content (AvgIpc) is 2.03. The van der Waals surface area contributed by atoms with Gasteiger partial charge in [-0.1, -0.05) is 12.1 Å². The standard InChI is InChI=1S/C9H4F3/c1-2-7-3-5-8(6-4-7)9(10,11)12/h3-6H/q-1. The minimum atomic E-state index is -4.31. The SMILES string of the molecule is [C-]#Cc1ccc(C(F)(F)F)cc1. The number of hydrogen-bond donors (Lipinski definition) is 0. The lowest BCUT2D eigenvalue weighted by atomic mass is 10.1. The topological polar surface area (TPSA) is 0 Å². The highest BCUT2D eigenvalue weighted by Gasteiger charge is 2.29. The van der Waals surface area contributed by atoms with Gasteiger partial charge < -0.3 is 6.42 Å². The quantitative estimate of drug-likeness (QED) is 0.413. The van der Waals surface area contributed by atoms with Gasteiger partial charge in [0.05, 0.1) is 5.56 Å². The van der Waals surface area contributed by atoms with Crippen molar-refractivity contribution in [3.05, 3.63) is 41.8 Å². The second-order valence-electron chi connectivity index (χ2n) is 2.20. The minimum Gasteiger partial charge on any atom is -0.366 e. The molecular weight excluding hydrogens is 165 g/mol. The Bertz CT molecular complexity index is 300. The second-order valence-corrected chi connectivity index (χ2v) is 2.20. The fourth-order valence-electron chi connectivity index (χ4n) is 0.743. The lowest BCUT2D eigenvalue weighted by molar-refractivity contribution is -0.137. The van der Waals surface area contributed by atoms with Crippen LogP contribution in [0.3, 0.4) is 0 Å². The van der Waals surface area contributed by atoms with Crippen molar-refractivity contribution in [2.75, 3.05) is 0 Å². The lowest BCUT2D eigenvalue weighted by Gasteiger charge is -2.07. The Morgan fingerprint density at radius 2 is 1.58 bits per heavy atom. The van der Waals surface area contributed by atoms with Crippen LogP contribution in [0.5, 0.6) is 0 Å². The first-order valence-electron chi connectivity index (χ1n) is 3.14. The van der Waals surface area contributed by atoms with Crippen LogP contribution in [0.4, 0.5) is 13.2 Å². The summed E-state index contributed by atoms with van der Waals surface area (Å²) in [4.78, 5) is 0. The largest absolute Gasteiger partial charge is 0.416 e. The molecule has 0 unspecified atom stereocenters. The van der Waals surface area contributed by atoms with E-state index in [0.29, 0.717) is 5.56 Å². The van der Waals surface area contributed by atoms with Crippen LogP contribution in [0.15, 0.2) is 24.3 Å². The highest BCUT2D eigenvalue weighted by atomic mass is 19.4. The molecule has 0 N–H and O–H groups in total. The van der Waals surface area contributed by atoms with Crippen LogP contribution in [-0.4, -0.2) is 0 Å². The van der Waals surface area contributed by atoms with Crippen LogP contribution in [0.2, 0.25) is 0 Å². The molecule has 0 heterocycles. The molecule has 1 aromatic rings. The molecule has 1 aromatic carbocycles. The second kappa shape index (κ2) is 2.90. The zero-order valence-corrected chi connectivity index (χ0v) is 5.94. The summed E-state index contributed by atoms with van der Waals surface area (Å²) in [6, 6.07) is 4.26. The molecule has 0 aliphatic carbocycles. The maximum absolute atomic E-state index is 12.0. The van der Waals surface area contributed by atoms with Gasteiger partial charge in [0.2, 0.25) is 0 Å². The summed E-state index contributed by atoms with van der Waals surface area (Å²) in [6.07, 6.45) is 2.33. The maximum Gasteiger partial charge on any atom is 0.416 e. The van der Waals surface area contributed by atoms with E-state index in [1.165, 1.54) is 12.1 Å². The molecule has 1 rings (SSSR count). The van der Waals surface area contributed by atoms with Gasteiger partial charge >= 0.3 is 6.18 Å². The molecule has 0 bridgehead atoms. The minimum absolute atomic E-state index is 0.336. The summed E-state index contributed by atoms with van der Waals surface area (Å²) in [5, 5.41) is 0. The molecular formula is C9H4F3-. The molecule has 0 nitrogen and oxygen atoms in total. The van der Waals surface area contributed by atoms with E-state index >= 15 is 0 Å². The molecule has 0 radical (unpaired) electrons. The molecule has 62 valence electrons. The third-order valence-electron chi connectivity index (χ3n) is 1.36. The van der Waals surface area contributed by atoms with Crippen LogP contribution in [-0.2, 0) is 6.18 Å². The Labute approximate surface area is 68.0 Å². The van der Waals surface area contributed by atoms with Gasteiger partial charge in [0.15, 0.2) is 0 Å². The van der Waals surface area contributed by atoms with Crippen molar-refractivity contribution >= 4 is 0 Å². The van der Waals surface area contributed by atoms with Crippen LogP contribution >= 0.6 is 0 Å². The Morgan fingerprint density at radius 3 is 1.92 bits per heavy atom. The number of hydrogen-bond acceptors (Lipinski definition) is 0. The molecule has 0 fully saturated rings. The Morgan fingerprint density at radius 1 is 1.08 bits per heavy atom. The van der Waals surface area contributed by atoms with Gasteiger partial charge in [-0.2, -0.15) is 13.2 Å². The van der Waals surface area contributed by atoms with Crippen LogP contribution < -0.4 is 0 Å². The van der Waals surface area contributed by atoms with Crippen molar-refractivity contribution < 1.29 is 13.2 Å². The zero-order valence-electron chi connectivity index (χ0n) is 5.94. The van der Waals surface area contributed by atoms with Crippen molar-refractivity contribution in [2.45, 2.75) is 6.18 Å². The fourth-order valence-corrected chi connectivity index (χ4v) is 0.743. The first kappa shape index (κ1) is 8.66. The summed E-state index contributed by atoms with van der Waals surface area (Å²) in [6.45, 7) is 0. The number of benzene rings is 1. The predicted molar refractivity (Wildman–Crippen MR) is 37.7 cm³/mol. The van der Waals surface area contributed by atoms with Crippen LogP contribution in [0.25, 0.3) is 0 Å². The highest BCUT2D eigenvalue weighted by Crippen LogP contribution is 2.28. The third-order valence-corrected chi connectivity index (χ3v) is 1.36. The number of rotatable bonds is 0. The zero-order chi connectivity index (χ0) is 9.19. The van der Waals surface area contributed by atoms with Gasteiger partial charge in [-0.3, -0.25) is 5.92 Å². The fraction of sp³-hybridized carbons (Fsp3) is 0.111. The highest BCUT2D eigenvalue weighted by molar-refractivity contribution is 5.33. The van der Waals surface area contributed by atoms with Crippen molar-refractivity contribution in [1.29, 1.82) is 0 Å².